The predicted octanol–water partition coefficient (Wildman–Crippen LogP) is 5.29. The number of halogens is 1. The lowest BCUT2D eigenvalue weighted by Crippen LogP contribution is -2.31. The van der Waals surface area contributed by atoms with Crippen molar-refractivity contribution in [3.05, 3.63) is 101 Å². The summed E-state index contributed by atoms with van der Waals surface area (Å²) in [5, 5.41) is 3.67. The molecule has 0 bridgehead atoms. The minimum absolute atomic E-state index is 0.334. The Morgan fingerprint density at radius 2 is 1.81 bits per heavy atom. The highest BCUT2D eigenvalue weighted by Crippen LogP contribution is 2.24. The summed E-state index contributed by atoms with van der Waals surface area (Å²) in [7, 11) is 0. The molecule has 0 amide bonds. The van der Waals surface area contributed by atoms with Gasteiger partial charge in [-0.2, -0.15) is 0 Å². The third-order valence-corrected chi connectivity index (χ3v) is 5.14. The fourth-order valence-electron chi connectivity index (χ4n) is 3.82. The molecule has 2 heteroatoms. The van der Waals surface area contributed by atoms with E-state index in [9.17, 15) is 4.39 Å². The van der Waals surface area contributed by atoms with Crippen molar-refractivity contribution in [1.82, 2.24) is 4.57 Å². The molecule has 4 rings (SSSR count). The highest BCUT2D eigenvalue weighted by Gasteiger charge is 2.15. The van der Waals surface area contributed by atoms with Crippen LogP contribution in [0.1, 0.15) is 24.8 Å². The van der Waals surface area contributed by atoms with Gasteiger partial charge < -0.3 is 4.57 Å². The Kier molecular flexibility index (Phi) is 4.64. The summed E-state index contributed by atoms with van der Waals surface area (Å²) in [6.07, 6.45) is 10.1. The van der Waals surface area contributed by atoms with Crippen LogP contribution in [0.5, 0.6) is 0 Å². The van der Waals surface area contributed by atoms with E-state index in [1.54, 1.807) is 6.08 Å². The van der Waals surface area contributed by atoms with E-state index in [2.05, 4.69) is 71.8 Å². The number of benzene rings is 2. The second kappa shape index (κ2) is 7.24. The van der Waals surface area contributed by atoms with E-state index < -0.39 is 0 Å². The zero-order valence-corrected chi connectivity index (χ0v) is 15.4. The van der Waals surface area contributed by atoms with Crippen LogP contribution in [0.3, 0.4) is 0 Å². The molecule has 0 saturated heterocycles. The lowest BCUT2D eigenvalue weighted by atomic mass is 9.91. The largest absolute Gasteiger partial charge is 0.314 e. The number of fused-ring (bicyclic) bond motifs is 3. The van der Waals surface area contributed by atoms with Crippen molar-refractivity contribution in [2.75, 3.05) is 0 Å². The quantitative estimate of drug-likeness (QED) is 0.561. The van der Waals surface area contributed by atoms with Gasteiger partial charge >= 0.3 is 0 Å². The third kappa shape index (κ3) is 3.19. The van der Waals surface area contributed by atoms with E-state index in [1.165, 1.54) is 33.7 Å². The van der Waals surface area contributed by atoms with Crippen LogP contribution < -0.4 is 10.6 Å². The summed E-state index contributed by atoms with van der Waals surface area (Å²) in [5.41, 5.74) is 3.46. The van der Waals surface area contributed by atoms with E-state index in [0.717, 1.165) is 17.6 Å². The van der Waals surface area contributed by atoms with Gasteiger partial charge in [0.2, 0.25) is 0 Å². The summed E-state index contributed by atoms with van der Waals surface area (Å²) < 4.78 is 15.7. The van der Waals surface area contributed by atoms with Gasteiger partial charge in [-0.25, -0.2) is 4.39 Å². The smallest absolute Gasteiger partial charge is 0.122 e. The molecule has 0 radical (unpaired) electrons. The average Bonchev–Trinajstić information content (AvgIpc) is 3.06. The van der Waals surface area contributed by atoms with E-state index >= 15 is 0 Å². The molecular weight excluding hydrogens is 333 g/mol. The zero-order chi connectivity index (χ0) is 18.8. The molecule has 0 aliphatic heterocycles. The highest BCUT2D eigenvalue weighted by atomic mass is 19.1. The normalized spacial score (nSPS) is 17.2. The Labute approximate surface area is 158 Å². The van der Waals surface area contributed by atoms with E-state index in [1.807, 2.05) is 13.0 Å². The van der Waals surface area contributed by atoms with Gasteiger partial charge in [0.05, 0.1) is 5.52 Å². The van der Waals surface area contributed by atoms with Crippen molar-refractivity contribution in [3.63, 3.8) is 0 Å². The first-order valence-corrected chi connectivity index (χ1v) is 9.22. The minimum atomic E-state index is -0.334. The van der Waals surface area contributed by atoms with Crippen molar-refractivity contribution in [3.8, 4) is 0 Å². The minimum Gasteiger partial charge on any atom is -0.314 e. The second-order valence-electron chi connectivity index (χ2n) is 6.84. The third-order valence-electron chi connectivity index (χ3n) is 5.14. The molecular formula is C25H22FN. The van der Waals surface area contributed by atoms with E-state index in [0.29, 0.717) is 5.92 Å². The van der Waals surface area contributed by atoms with Crippen molar-refractivity contribution in [1.29, 1.82) is 0 Å². The maximum Gasteiger partial charge on any atom is 0.122 e. The summed E-state index contributed by atoms with van der Waals surface area (Å²) in [5.74, 6) is 0.0414. The molecule has 0 N–H and O–H groups in total. The average molecular weight is 355 g/mol. The molecule has 0 saturated carbocycles. The fraction of sp³-hybridized carbons (Fsp3) is 0.120. The molecule has 27 heavy (non-hydrogen) atoms. The number of allylic oxidation sites excluding steroid dienone is 5. The molecule has 0 fully saturated rings. The molecule has 134 valence electrons. The first-order chi connectivity index (χ1) is 13.2. The van der Waals surface area contributed by atoms with Crippen LogP contribution in [0.25, 0.3) is 28.8 Å². The molecule has 2 aromatic carbocycles. The highest BCUT2D eigenvalue weighted by molar-refractivity contribution is 5.86. The van der Waals surface area contributed by atoms with Gasteiger partial charge in [-0.1, -0.05) is 67.3 Å². The lowest BCUT2D eigenvalue weighted by Gasteiger charge is -2.14. The Hall–Kier alpha value is -3.13. The monoisotopic (exact) mass is 355 g/mol. The summed E-state index contributed by atoms with van der Waals surface area (Å²) in [6.45, 7) is 5.48. The molecule has 1 atom stereocenters. The topological polar surface area (TPSA) is 4.93 Å². The number of nitrogens with zero attached hydrogens (tertiary/aromatic N) is 1. The molecule has 1 aliphatic rings. The van der Waals surface area contributed by atoms with Crippen LogP contribution in [-0.4, -0.2) is 4.57 Å². The van der Waals surface area contributed by atoms with E-state index in [4.69, 9.17) is 0 Å². The molecule has 1 unspecified atom stereocenters. The lowest BCUT2D eigenvalue weighted by molar-refractivity contribution is 0.668. The number of aromatic nitrogens is 1. The van der Waals surface area contributed by atoms with Crippen LogP contribution in [0.2, 0.25) is 0 Å². The molecule has 1 aliphatic carbocycles. The summed E-state index contributed by atoms with van der Waals surface area (Å²) >= 11 is 0. The first-order valence-electron chi connectivity index (χ1n) is 9.22. The fourth-order valence-corrected chi connectivity index (χ4v) is 3.82. The number of rotatable bonds is 4. The Balaban J connectivity index is 1.94. The van der Waals surface area contributed by atoms with Crippen LogP contribution >= 0.6 is 0 Å². The van der Waals surface area contributed by atoms with Gasteiger partial charge in [0.15, 0.2) is 0 Å². The van der Waals surface area contributed by atoms with Crippen molar-refractivity contribution < 1.29 is 4.39 Å². The van der Waals surface area contributed by atoms with Gasteiger partial charge in [-0.15, -0.1) is 0 Å². The van der Waals surface area contributed by atoms with Crippen LogP contribution in [0.4, 0.5) is 4.39 Å². The molecule has 3 aromatic rings. The molecule has 0 spiro atoms. The Morgan fingerprint density at radius 3 is 2.59 bits per heavy atom. The summed E-state index contributed by atoms with van der Waals surface area (Å²) in [6, 6.07) is 19.0. The van der Waals surface area contributed by atoms with Crippen molar-refractivity contribution in [2.24, 2.45) is 0 Å². The molecule has 1 aromatic heterocycles. The SMILES string of the molecule is C=C/C(F)=C\C=C(/C)n1c2c(c3ccccc31)=CC(c1ccccc1)CC=2. The summed E-state index contributed by atoms with van der Waals surface area (Å²) in [4.78, 5) is 0. The number of para-hydroxylation sites is 1. The van der Waals surface area contributed by atoms with Crippen LogP contribution in [0.15, 0.2) is 85.2 Å². The van der Waals surface area contributed by atoms with E-state index in [-0.39, 0.29) is 5.83 Å². The Morgan fingerprint density at radius 1 is 1.07 bits per heavy atom. The number of hydrogen-bond acceptors (Lipinski definition) is 0. The van der Waals surface area contributed by atoms with Crippen molar-refractivity contribution >= 4 is 28.8 Å². The maximum atomic E-state index is 13.5. The van der Waals surface area contributed by atoms with Gasteiger partial charge in [0.1, 0.15) is 5.83 Å². The zero-order valence-electron chi connectivity index (χ0n) is 15.4. The van der Waals surface area contributed by atoms with Gasteiger partial charge in [-0.05, 0) is 43.2 Å². The van der Waals surface area contributed by atoms with Crippen LogP contribution in [-0.2, 0) is 0 Å². The van der Waals surface area contributed by atoms with Crippen molar-refractivity contribution in [2.45, 2.75) is 19.3 Å². The predicted molar refractivity (Wildman–Crippen MR) is 113 cm³/mol. The standard InChI is InChI=1S/C25H22FN/c1-3-21(26)15-13-18(2)27-24-12-8-7-11-22(24)23-17-20(14-16-25(23)27)19-9-5-4-6-10-19/h3-13,15-17,20H,1,14H2,2H3/b18-13+,21-15+. The van der Waals surface area contributed by atoms with Gasteiger partial charge in [-0.3, -0.25) is 0 Å². The van der Waals surface area contributed by atoms with Crippen LogP contribution in [0, 0.1) is 0 Å². The van der Waals surface area contributed by atoms with Gasteiger partial charge in [0, 0.05) is 27.6 Å². The first kappa shape index (κ1) is 17.3. The molecule has 1 heterocycles. The second-order valence-corrected chi connectivity index (χ2v) is 6.84. The molecule has 1 nitrogen and oxygen atoms in total. The maximum absolute atomic E-state index is 13.5. The number of hydrogen-bond donors (Lipinski definition) is 0. The van der Waals surface area contributed by atoms with Gasteiger partial charge in [0.25, 0.3) is 0 Å². The Bertz CT molecular complexity index is 1180.